The number of benzene rings is 1. The highest BCUT2D eigenvalue weighted by molar-refractivity contribution is 5.95. The minimum Gasteiger partial charge on any atom is -0.364 e. The summed E-state index contributed by atoms with van der Waals surface area (Å²) in [5.74, 6) is -0.427. The van der Waals surface area contributed by atoms with Gasteiger partial charge in [-0.1, -0.05) is 18.2 Å². The molecule has 1 aromatic carbocycles. The zero-order chi connectivity index (χ0) is 15.1. The Morgan fingerprint density at radius 2 is 1.95 bits per heavy atom. The third kappa shape index (κ3) is 1.89. The maximum atomic E-state index is 12.0. The van der Waals surface area contributed by atoms with E-state index in [0.717, 1.165) is 53.5 Å². The first-order chi connectivity index (χ1) is 10.8. The van der Waals surface area contributed by atoms with Gasteiger partial charge in [0.05, 0.1) is 16.9 Å². The number of hydrogen-bond acceptors (Lipinski definition) is 3. The average Bonchev–Trinajstić information content (AvgIpc) is 2.93. The van der Waals surface area contributed by atoms with E-state index < -0.39 is 5.91 Å². The molecule has 5 nitrogen and oxygen atoms in total. The minimum absolute atomic E-state index is 0.427. The largest absolute Gasteiger partial charge is 0.364 e. The van der Waals surface area contributed by atoms with Crippen LogP contribution in [0.2, 0.25) is 0 Å². The number of pyridine rings is 1. The Labute approximate surface area is 127 Å². The van der Waals surface area contributed by atoms with Crippen LogP contribution in [-0.2, 0) is 12.8 Å². The maximum Gasteiger partial charge on any atom is 0.267 e. The van der Waals surface area contributed by atoms with Gasteiger partial charge in [-0.15, -0.1) is 0 Å². The Balaban J connectivity index is 2.03. The van der Waals surface area contributed by atoms with Crippen LogP contribution in [0, 0.1) is 0 Å². The number of para-hydroxylation sites is 1. The van der Waals surface area contributed by atoms with Crippen molar-refractivity contribution in [3.05, 3.63) is 53.5 Å². The normalized spacial score (nSPS) is 14.0. The molecule has 1 aliphatic rings. The van der Waals surface area contributed by atoms with Crippen LogP contribution < -0.4 is 5.73 Å². The lowest BCUT2D eigenvalue weighted by Crippen LogP contribution is -2.19. The first kappa shape index (κ1) is 13.0. The van der Waals surface area contributed by atoms with Gasteiger partial charge in [0, 0.05) is 17.1 Å². The number of carbonyl (C=O) groups excluding carboxylic acids is 1. The van der Waals surface area contributed by atoms with Gasteiger partial charge in [0.2, 0.25) is 0 Å². The topological polar surface area (TPSA) is 73.8 Å². The number of aromatic nitrogens is 3. The number of primary amides is 1. The molecule has 1 aliphatic carbocycles. The fourth-order valence-corrected chi connectivity index (χ4v) is 3.24. The monoisotopic (exact) mass is 292 g/mol. The van der Waals surface area contributed by atoms with Crippen LogP contribution in [0.3, 0.4) is 0 Å². The van der Waals surface area contributed by atoms with Gasteiger partial charge >= 0.3 is 0 Å². The molecule has 2 aromatic heterocycles. The van der Waals surface area contributed by atoms with E-state index in [-0.39, 0.29) is 0 Å². The first-order valence-corrected chi connectivity index (χ1v) is 7.50. The van der Waals surface area contributed by atoms with Gasteiger partial charge in [0.1, 0.15) is 5.69 Å². The third-order valence-electron chi connectivity index (χ3n) is 4.23. The van der Waals surface area contributed by atoms with Gasteiger partial charge in [-0.05, 0) is 37.8 Å². The van der Waals surface area contributed by atoms with Crippen LogP contribution in [-0.4, -0.2) is 20.7 Å². The van der Waals surface area contributed by atoms with Gasteiger partial charge in [-0.25, -0.2) is 4.68 Å². The Bertz CT molecular complexity index is 876. The van der Waals surface area contributed by atoms with Crippen LogP contribution in [0.15, 0.2) is 36.5 Å². The molecule has 5 heteroatoms. The van der Waals surface area contributed by atoms with Gasteiger partial charge in [0.15, 0.2) is 0 Å². The highest BCUT2D eigenvalue weighted by atomic mass is 16.1. The van der Waals surface area contributed by atoms with Crippen molar-refractivity contribution in [1.29, 1.82) is 0 Å². The third-order valence-corrected chi connectivity index (χ3v) is 4.23. The van der Waals surface area contributed by atoms with Crippen molar-refractivity contribution in [3.8, 4) is 5.69 Å². The summed E-state index contributed by atoms with van der Waals surface area (Å²) >= 11 is 0. The second-order valence-electron chi connectivity index (χ2n) is 5.61. The molecule has 3 aromatic rings. The highest BCUT2D eigenvalue weighted by Crippen LogP contribution is 2.28. The van der Waals surface area contributed by atoms with Crippen molar-refractivity contribution in [2.24, 2.45) is 5.73 Å². The molecular weight excluding hydrogens is 276 g/mol. The zero-order valence-corrected chi connectivity index (χ0v) is 12.1. The predicted octanol–water partition coefficient (Wildman–Crippen LogP) is 2.40. The second-order valence-corrected chi connectivity index (χ2v) is 5.61. The quantitative estimate of drug-likeness (QED) is 0.788. The fraction of sp³-hybridized carbons (Fsp3) is 0.235. The molecule has 110 valence electrons. The lowest BCUT2D eigenvalue weighted by molar-refractivity contribution is 0.0992. The average molecular weight is 292 g/mol. The van der Waals surface area contributed by atoms with E-state index in [1.165, 1.54) is 0 Å². The second kappa shape index (κ2) is 4.94. The van der Waals surface area contributed by atoms with Crippen LogP contribution in [0.5, 0.6) is 0 Å². The fourth-order valence-electron chi connectivity index (χ4n) is 3.24. The highest BCUT2D eigenvalue weighted by Gasteiger charge is 2.25. The summed E-state index contributed by atoms with van der Waals surface area (Å²) in [6.45, 7) is 0. The Morgan fingerprint density at radius 3 is 2.82 bits per heavy atom. The van der Waals surface area contributed by atoms with E-state index in [2.05, 4.69) is 10.1 Å². The summed E-state index contributed by atoms with van der Waals surface area (Å²) in [6.07, 6.45) is 5.70. The summed E-state index contributed by atoms with van der Waals surface area (Å²) in [4.78, 5) is 16.5. The van der Waals surface area contributed by atoms with E-state index in [4.69, 9.17) is 5.73 Å². The molecule has 0 unspecified atom stereocenters. The van der Waals surface area contributed by atoms with E-state index in [1.807, 2.05) is 30.3 Å². The number of hydrogen-bond donors (Lipinski definition) is 1. The minimum atomic E-state index is -0.427. The van der Waals surface area contributed by atoms with Gasteiger partial charge in [-0.3, -0.25) is 9.78 Å². The van der Waals surface area contributed by atoms with Crippen molar-refractivity contribution in [2.75, 3.05) is 0 Å². The first-order valence-electron chi connectivity index (χ1n) is 7.50. The smallest absolute Gasteiger partial charge is 0.267 e. The molecule has 2 heterocycles. The predicted molar refractivity (Wildman–Crippen MR) is 84.0 cm³/mol. The van der Waals surface area contributed by atoms with E-state index in [9.17, 15) is 4.79 Å². The van der Waals surface area contributed by atoms with E-state index in [0.29, 0.717) is 5.69 Å². The zero-order valence-electron chi connectivity index (χ0n) is 12.1. The number of amides is 1. The molecule has 0 radical (unpaired) electrons. The van der Waals surface area contributed by atoms with Crippen molar-refractivity contribution >= 4 is 16.8 Å². The summed E-state index contributed by atoms with van der Waals surface area (Å²) in [5.41, 5.74) is 9.78. The molecule has 1 amide bonds. The number of rotatable bonds is 2. The molecule has 2 N–H and O–H groups in total. The lowest BCUT2D eigenvalue weighted by atomic mass is 9.96. The standard InChI is InChI=1S/C17H16N4O/c18-17(22)16-12-7-1-2-8-13(12)20-21(16)14-9-3-5-11-6-4-10-19-15(11)14/h3-6,9-10H,1-2,7-8H2,(H2,18,22). The van der Waals surface area contributed by atoms with Gasteiger partial charge in [-0.2, -0.15) is 5.10 Å². The number of aryl methyl sites for hydroxylation is 1. The molecular formula is C17H16N4O. The Morgan fingerprint density at radius 1 is 1.14 bits per heavy atom. The van der Waals surface area contributed by atoms with Crippen molar-refractivity contribution in [3.63, 3.8) is 0 Å². The molecule has 0 saturated heterocycles. The Kier molecular flexibility index (Phi) is 2.92. The molecule has 0 bridgehead atoms. The van der Waals surface area contributed by atoms with Crippen LogP contribution in [0.25, 0.3) is 16.6 Å². The lowest BCUT2D eigenvalue weighted by Gasteiger charge is -2.10. The van der Waals surface area contributed by atoms with Crippen molar-refractivity contribution in [2.45, 2.75) is 25.7 Å². The molecule has 0 spiro atoms. The van der Waals surface area contributed by atoms with Crippen molar-refractivity contribution in [1.82, 2.24) is 14.8 Å². The summed E-state index contributed by atoms with van der Waals surface area (Å²) in [6, 6.07) is 9.78. The molecule has 4 rings (SSSR count). The molecule has 22 heavy (non-hydrogen) atoms. The van der Waals surface area contributed by atoms with Crippen LogP contribution in [0.1, 0.15) is 34.6 Å². The Hall–Kier alpha value is -2.69. The molecule has 0 aliphatic heterocycles. The van der Waals surface area contributed by atoms with Gasteiger partial charge < -0.3 is 5.73 Å². The summed E-state index contributed by atoms with van der Waals surface area (Å²) < 4.78 is 1.69. The number of carbonyl (C=O) groups is 1. The number of nitrogens with two attached hydrogens (primary N) is 1. The van der Waals surface area contributed by atoms with Gasteiger partial charge in [0.25, 0.3) is 5.91 Å². The molecule has 0 saturated carbocycles. The summed E-state index contributed by atoms with van der Waals surface area (Å²) in [5, 5.41) is 5.69. The SMILES string of the molecule is NC(=O)c1c2c(nn1-c1cccc3cccnc13)CCCC2. The van der Waals surface area contributed by atoms with E-state index >= 15 is 0 Å². The van der Waals surface area contributed by atoms with Crippen LogP contribution in [0.4, 0.5) is 0 Å². The molecule has 0 fully saturated rings. The summed E-state index contributed by atoms with van der Waals surface area (Å²) in [7, 11) is 0. The van der Waals surface area contributed by atoms with Crippen molar-refractivity contribution < 1.29 is 4.79 Å². The number of nitrogens with zero attached hydrogens (tertiary/aromatic N) is 3. The molecule has 0 atom stereocenters. The number of fused-ring (bicyclic) bond motifs is 2. The van der Waals surface area contributed by atoms with E-state index in [1.54, 1.807) is 10.9 Å². The maximum absolute atomic E-state index is 12.0. The van der Waals surface area contributed by atoms with Crippen LogP contribution >= 0.6 is 0 Å².